The van der Waals surface area contributed by atoms with E-state index >= 15 is 0 Å². The average molecular weight is 237 g/mol. The maximum Gasteiger partial charge on any atom is 0.176 e. The lowest BCUT2D eigenvalue weighted by Gasteiger charge is -2.30. The van der Waals surface area contributed by atoms with E-state index in [1.54, 1.807) is 6.07 Å². The molecule has 0 spiro atoms. The highest BCUT2D eigenvalue weighted by atomic mass is 32.1. The lowest BCUT2D eigenvalue weighted by molar-refractivity contribution is -0.313. The van der Waals surface area contributed by atoms with E-state index in [-0.39, 0.29) is 11.7 Å². The second kappa shape index (κ2) is 4.78. The molecule has 1 aromatic heterocycles. The minimum atomic E-state index is -1.07. The fraction of sp³-hybridized carbons (Fsp3) is 0.500. The van der Waals surface area contributed by atoms with Crippen molar-refractivity contribution in [1.29, 1.82) is 0 Å². The lowest BCUT2D eigenvalue weighted by atomic mass is 9.76. The Kier molecular flexibility index (Phi) is 3.39. The zero-order chi connectivity index (χ0) is 11.5. The number of carboxylic acids is 1. The average Bonchev–Trinajstić information content (AvgIpc) is 2.81. The Morgan fingerprint density at radius 3 is 2.50 bits per heavy atom. The summed E-state index contributed by atoms with van der Waals surface area (Å²) in [4.78, 5) is 23.7. The van der Waals surface area contributed by atoms with Crippen LogP contribution in [0, 0.1) is 11.8 Å². The van der Waals surface area contributed by atoms with Crippen LogP contribution in [-0.4, -0.2) is 11.8 Å². The Bertz CT molecular complexity index is 383. The first-order valence-electron chi connectivity index (χ1n) is 5.48. The summed E-state index contributed by atoms with van der Waals surface area (Å²) < 4.78 is 0. The van der Waals surface area contributed by atoms with Gasteiger partial charge in [-0.15, -0.1) is 11.3 Å². The molecule has 0 N–H and O–H groups in total. The second-order valence-corrected chi connectivity index (χ2v) is 5.11. The maximum absolute atomic E-state index is 12.1. The van der Waals surface area contributed by atoms with Crippen LogP contribution in [0.2, 0.25) is 0 Å². The molecule has 0 unspecified atom stereocenters. The van der Waals surface area contributed by atoms with Crippen molar-refractivity contribution in [3.05, 3.63) is 22.4 Å². The number of thiophene rings is 1. The largest absolute Gasteiger partial charge is 0.550 e. The molecule has 1 aromatic rings. The predicted molar refractivity (Wildman–Crippen MR) is 59.1 cm³/mol. The molecule has 0 bridgehead atoms. The summed E-state index contributed by atoms with van der Waals surface area (Å²) in [6.07, 6.45) is 3.07. The topological polar surface area (TPSA) is 57.2 Å². The minimum absolute atomic E-state index is 0.0242. The molecular weight excluding hydrogens is 224 g/mol. The number of Topliss-reactive ketones (excluding diaryl/α,β-unsaturated/α-hetero) is 1. The summed E-state index contributed by atoms with van der Waals surface area (Å²) in [5, 5.41) is 12.8. The van der Waals surface area contributed by atoms with Gasteiger partial charge in [-0.05, 0) is 24.3 Å². The zero-order valence-corrected chi connectivity index (χ0v) is 9.66. The molecule has 0 saturated heterocycles. The third-order valence-corrected chi connectivity index (χ3v) is 4.05. The molecule has 0 radical (unpaired) electrons. The van der Waals surface area contributed by atoms with E-state index < -0.39 is 11.9 Å². The van der Waals surface area contributed by atoms with Crippen LogP contribution in [-0.2, 0) is 4.79 Å². The molecule has 1 saturated carbocycles. The Hall–Kier alpha value is -1.16. The van der Waals surface area contributed by atoms with Crippen molar-refractivity contribution in [2.45, 2.75) is 25.7 Å². The fourth-order valence-electron chi connectivity index (χ4n) is 2.33. The third kappa shape index (κ3) is 2.16. The first kappa shape index (κ1) is 11.3. The first-order valence-corrected chi connectivity index (χ1v) is 6.36. The summed E-state index contributed by atoms with van der Waals surface area (Å²) >= 11 is 1.38. The van der Waals surface area contributed by atoms with Gasteiger partial charge in [0.05, 0.1) is 4.88 Å². The van der Waals surface area contributed by atoms with Crippen LogP contribution in [0.3, 0.4) is 0 Å². The van der Waals surface area contributed by atoms with Crippen molar-refractivity contribution in [3.8, 4) is 0 Å². The van der Waals surface area contributed by atoms with Crippen LogP contribution in [0.25, 0.3) is 0 Å². The number of carbonyl (C=O) groups is 2. The summed E-state index contributed by atoms with van der Waals surface area (Å²) in [5.41, 5.74) is 0. The number of rotatable bonds is 3. The minimum Gasteiger partial charge on any atom is -0.550 e. The van der Waals surface area contributed by atoms with Gasteiger partial charge in [-0.1, -0.05) is 18.9 Å². The molecule has 0 aliphatic heterocycles. The van der Waals surface area contributed by atoms with Gasteiger partial charge in [0.25, 0.3) is 0 Å². The number of carboxylic acid groups (broad SMARTS) is 1. The normalized spacial score (nSPS) is 25.2. The number of ketones is 1. The Morgan fingerprint density at radius 1 is 1.25 bits per heavy atom. The summed E-state index contributed by atoms with van der Waals surface area (Å²) in [5.74, 6) is -2.07. The zero-order valence-electron chi connectivity index (χ0n) is 8.85. The first-order chi connectivity index (χ1) is 7.70. The van der Waals surface area contributed by atoms with Gasteiger partial charge in [-0.25, -0.2) is 0 Å². The fourth-order valence-corrected chi connectivity index (χ4v) is 3.06. The van der Waals surface area contributed by atoms with Crippen LogP contribution in [0.15, 0.2) is 17.5 Å². The molecule has 1 heterocycles. The van der Waals surface area contributed by atoms with Crippen LogP contribution in [0.4, 0.5) is 0 Å². The van der Waals surface area contributed by atoms with Crippen molar-refractivity contribution in [3.63, 3.8) is 0 Å². The van der Waals surface area contributed by atoms with Crippen molar-refractivity contribution < 1.29 is 14.7 Å². The van der Waals surface area contributed by atoms with Crippen LogP contribution in [0.5, 0.6) is 0 Å². The SMILES string of the molecule is O=C([O-])[C@@H]1CCCC[C@H]1C(=O)c1cccs1. The van der Waals surface area contributed by atoms with Crippen molar-refractivity contribution in [1.82, 2.24) is 0 Å². The molecule has 1 fully saturated rings. The van der Waals surface area contributed by atoms with E-state index in [2.05, 4.69) is 0 Å². The van der Waals surface area contributed by atoms with Gasteiger partial charge in [0.15, 0.2) is 5.78 Å². The third-order valence-electron chi connectivity index (χ3n) is 3.17. The Labute approximate surface area is 98.1 Å². The van der Waals surface area contributed by atoms with Crippen molar-refractivity contribution in [2.75, 3.05) is 0 Å². The van der Waals surface area contributed by atoms with E-state index in [9.17, 15) is 14.7 Å². The van der Waals surface area contributed by atoms with E-state index in [0.717, 1.165) is 12.8 Å². The highest BCUT2D eigenvalue weighted by Crippen LogP contribution is 2.33. The van der Waals surface area contributed by atoms with Crippen LogP contribution in [0.1, 0.15) is 35.4 Å². The molecule has 1 aliphatic rings. The molecule has 0 amide bonds. The van der Waals surface area contributed by atoms with Gasteiger partial charge < -0.3 is 9.90 Å². The monoisotopic (exact) mass is 237 g/mol. The number of carbonyl (C=O) groups excluding carboxylic acids is 2. The molecule has 2 rings (SSSR count). The predicted octanol–water partition coefficient (Wildman–Crippen LogP) is 1.49. The number of aliphatic carboxylic acids is 1. The quantitative estimate of drug-likeness (QED) is 0.748. The van der Waals surface area contributed by atoms with Gasteiger partial charge in [0.2, 0.25) is 0 Å². The number of hydrogen-bond donors (Lipinski definition) is 0. The Morgan fingerprint density at radius 2 is 1.94 bits per heavy atom. The number of hydrogen-bond acceptors (Lipinski definition) is 4. The Balaban J connectivity index is 2.17. The molecular formula is C12H13O3S-. The molecule has 0 aromatic carbocycles. The molecule has 86 valence electrons. The maximum atomic E-state index is 12.1. The van der Waals surface area contributed by atoms with Gasteiger partial charge in [-0.2, -0.15) is 0 Å². The van der Waals surface area contributed by atoms with Gasteiger partial charge >= 0.3 is 0 Å². The molecule has 2 atom stereocenters. The van der Waals surface area contributed by atoms with Gasteiger partial charge in [0, 0.05) is 17.8 Å². The summed E-state index contributed by atoms with van der Waals surface area (Å²) in [6, 6.07) is 3.57. The van der Waals surface area contributed by atoms with Gasteiger partial charge in [-0.3, -0.25) is 4.79 Å². The van der Waals surface area contributed by atoms with Crippen molar-refractivity contribution >= 4 is 23.1 Å². The summed E-state index contributed by atoms with van der Waals surface area (Å²) in [7, 11) is 0. The van der Waals surface area contributed by atoms with E-state index in [1.807, 2.05) is 11.4 Å². The molecule has 16 heavy (non-hydrogen) atoms. The lowest BCUT2D eigenvalue weighted by Crippen LogP contribution is -2.40. The summed E-state index contributed by atoms with van der Waals surface area (Å²) in [6.45, 7) is 0. The molecule has 1 aliphatic carbocycles. The standard InChI is InChI=1S/C12H14O3S/c13-11(10-6-3-7-16-10)8-4-1-2-5-9(8)12(14)15/h3,6-9H,1-2,4-5H2,(H,14,15)/p-1/t8-,9-/m1/s1. The van der Waals surface area contributed by atoms with Crippen LogP contribution >= 0.6 is 11.3 Å². The van der Waals surface area contributed by atoms with E-state index in [0.29, 0.717) is 17.7 Å². The van der Waals surface area contributed by atoms with Crippen LogP contribution < -0.4 is 5.11 Å². The van der Waals surface area contributed by atoms with E-state index in [1.165, 1.54) is 11.3 Å². The van der Waals surface area contributed by atoms with Crippen molar-refractivity contribution in [2.24, 2.45) is 11.8 Å². The second-order valence-electron chi connectivity index (χ2n) is 4.16. The highest BCUT2D eigenvalue weighted by molar-refractivity contribution is 7.12. The molecule has 4 heteroatoms. The van der Waals surface area contributed by atoms with Gasteiger partial charge in [0.1, 0.15) is 0 Å². The smallest absolute Gasteiger partial charge is 0.176 e. The van der Waals surface area contributed by atoms with E-state index in [4.69, 9.17) is 0 Å². The molecule has 3 nitrogen and oxygen atoms in total. The highest BCUT2D eigenvalue weighted by Gasteiger charge is 2.32.